The lowest BCUT2D eigenvalue weighted by molar-refractivity contribution is -0.0311. The Morgan fingerprint density at radius 2 is 1.90 bits per heavy atom. The van der Waals surface area contributed by atoms with Gasteiger partial charge in [0.05, 0.1) is 22.6 Å². The maximum atomic E-state index is 13.1. The minimum absolute atomic E-state index is 0.133. The molecule has 5 rings (SSSR count). The summed E-state index contributed by atoms with van der Waals surface area (Å²) in [5.74, 6) is -0.599. The first-order valence-corrected chi connectivity index (χ1v) is 11.9. The van der Waals surface area contributed by atoms with E-state index in [0.29, 0.717) is 38.1 Å². The van der Waals surface area contributed by atoms with E-state index in [1.807, 2.05) is 18.2 Å². The lowest BCUT2D eigenvalue weighted by Crippen LogP contribution is -2.46. The smallest absolute Gasteiger partial charge is 0.408 e. The zero-order valence-corrected chi connectivity index (χ0v) is 17.9. The maximum Gasteiger partial charge on any atom is 0.417 e. The van der Waals surface area contributed by atoms with Crippen molar-refractivity contribution in [3.8, 4) is 0 Å². The van der Waals surface area contributed by atoms with Crippen LogP contribution in [0, 0.1) is 0 Å². The molecule has 31 heavy (non-hydrogen) atoms. The van der Waals surface area contributed by atoms with Gasteiger partial charge in [0.15, 0.2) is 5.58 Å². The summed E-state index contributed by atoms with van der Waals surface area (Å²) in [5.41, 5.74) is 1.69. The highest BCUT2D eigenvalue weighted by molar-refractivity contribution is 7.89. The molecule has 0 radical (unpaired) electrons. The van der Waals surface area contributed by atoms with Gasteiger partial charge in [0.2, 0.25) is 10.0 Å². The molecule has 2 aromatic carbocycles. The van der Waals surface area contributed by atoms with E-state index in [-0.39, 0.29) is 22.1 Å². The summed E-state index contributed by atoms with van der Waals surface area (Å²) >= 11 is 0. The van der Waals surface area contributed by atoms with E-state index in [4.69, 9.17) is 9.15 Å². The van der Waals surface area contributed by atoms with E-state index in [1.54, 1.807) is 6.07 Å². The Balaban J connectivity index is 1.22. The van der Waals surface area contributed by atoms with Crippen LogP contribution in [0.4, 0.5) is 0 Å². The van der Waals surface area contributed by atoms with Crippen LogP contribution in [0.15, 0.2) is 62.6 Å². The first-order chi connectivity index (χ1) is 14.9. The zero-order valence-electron chi connectivity index (χ0n) is 17.0. The second-order valence-electron chi connectivity index (χ2n) is 8.34. The fourth-order valence-corrected chi connectivity index (χ4v) is 6.01. The van der Waals surface area contributed by atoms with Crippen molar-refractivity contribution in [1.29, 1.82) is 0 Å². The molecule has 1 atom stereocenters. The van der Waals surface area contributed by atoms with Crippen LogP contribution >= 0.6 is 0 Å². The number of aromatic amines is 1. The van der Waals surface area contributed by atoms with Crippen molar-refractivity contribution in [1.82, 2.24) is 14.6 Å². The highest BCUT2D eigenvalue weighted by Gasteiger charge is 2.44. The number of H-pyrrole nitrogens is 1. The van der Waals surface area contributed by atoms with Gasteiger partial charge in [-0.3, -0.25) is 4.98 Å². The van der Waals surface area contributed by atoms with Gasteiger partial charge in [-0.1, -0.05) is 30.3 Å². The molecular formula is C22H25N3O5S. The molecule has 2 N–H and O–H groups in total. The summed E-state index contributed by atoms with van der Waals surface area (Å²) in [6, 6.07) is 15.0. The Hall–Kier alpha value is -2.46. The third-order valence-electron chi connectivity index (χ3n) is 6.31. The number of hydrogen-bond donors (Lipinski definition) is 2. The molecule has 2 aliphatic heterocycles. The van der Waals surface area contributed by atoms with Crippen LogP contribution in [0.5, 0.6) is 0 Å². The number of oxazole rings is 1. The normalized spacial score (nSPS) is 21.7. The lowest BCUT2D eigenvalue weighted by Gasteiger charge is -2.38. The van der Waals surface area contributed by atoms with Gasteiger partial charge >= 0.3 is 5.76 Å². The fourth-order valence-electron chi connectivity index (χ4n) is 4.55. The van der Waals surface area contributed by atoms with Crippen LogP contribution < -0.4 is 11.1 Å². The topological polar surface area (TPSA) is 105 Å². The van der Waals surface area contributed by atoms with Crippen molar-refractivity contribution in [2.24, 2.45) is 0 Å². The van der Waals surface area contributed by atoms with Gasteiger partial charge in [-0.25, -0.2) is 13.2 Å². The minimum atomic E-state index is -3.66. The molecule has 1 spiro atoms. The molecule has 164 valence electrons. The molecule has 2 fully saturated rings. The fraction of sp³-hybridized carbons (Fsp3) is 0.409. The summed E-state index contributed by atoms with van der Waals surface area (Å²) < 4.78 is 38.9. The SMILES string of the molecule is O=c1[nH]c2ccc(S(=O)(=O)N3CCC4(CC3)CC(NCc3ccccc3)CO4)cc2o1. The Morgan fingerprint density at radius 3 is 2.68 bits per heavy atom. The molecule has 3 heterocycles. The number of nitrogens with zero attached hydrogens (tertiary/aromatic N) is 1. The van der Waals surface area contributed by atoms with Crippen LogP contribution in [0.3, 0.4) is 0 Å². The second-order valence-corrected chi connectivity index (χ2v) is 10.3. The summed E-state index contributed by atoms with van der Waals surface area (Å²) in [6.45, 7) is 2.25. The predicted molar refractivity (Wildman–Crippen MR) is 115 cm³/mol. The number of piperidine rings is 1. The molecule has 2 saturated heterocycles. The Labute approximate surface area is 180 Å². The molecular weight excluding hydrogens is 418 g/mol. The third-order valence-corrected chi connectivity index (χ3v) is 8.21. The molecule has 8 nitrogen and oxygen atoms in total. The molecule has 3 aromatic rings. The molecule has 0 saturated carbocycles. The van der Waals surface area contributed by atoms with E-state index in [9.17, 15) is 13.2 Å². The van der Waals surface area contributed by atoms with Crippen molar-refractivity contribution in [2.75, 3.05) is 19.7 Å². The standard InChI is InChI=1S/C22H25N3O5S/c26-21-24-19-7-6-18(12-20(19)30-21)31(27,28)25-10-8-22(9-11-25)13-17(15-29-22)23-14-16-4-2-1-3-5-16/h1-7,12,17,23H,8-11,13-15H2,(H,24,26). The van der Waals surface area contributed by atoms with Crippen LogP contribution in [-0.2, 0) is 21.3 Å². The number of aromatic nitrogens is 1. The van der Waals surface area contributed by atoms with Crippen LogP contribution in [-0.4, -0.2) is 49.0 Å². The molecule has 0 bridgehead atoms. The Morgan fingerprint density at radius 1 is 1.13 bits per heavy atom. The molecule has 2 aliphatic rings. The van der Waals surface area contributed by atoms with E-state index >= 15 is 0 Å². The van der Waals surface area contributed by atoms with Crippen LogP contribution in [0.2, 0.25) is 0 Å². The molecule has 0 aliphatic carbocycles. The quantitative estimate of drug-likeness (QED) is 0.627. The van der Waals surface area contributed by atoms with E-state index < -0.39 is 15.8 Å². The van der Waals surface area contributed by atoms with E-state index in [1.165, 1.54) is 22.0 Å². The minimum Gasteiger partial charge on any atom is -0.408 e. The molecule has 0 amide bonds. The largest absolute Gasteiger partial charge is 0.417 e. The van der Waals surface area contributed by atoms with Crippen LogP contribution in [0.25, 0.3) is 11.1 Å². The zero-order chi connectivity index (χ0) is 21.5. The van der Waals surface area contributed by atoms with Crippen molar-refractivity contribution in [3.05, 3.63) is 64.6 Å². The summed E-state index contributed by atoms with van der Waals surface area (Å²) in [6.07, 6.45) is 2.21. The van der Waals surface area contributed by atoms with Gasteiger partial charge in [-0.2, -0.15) is 4.31 Å². The first-order valence-electron chi connectivity index (χ1n) is 10.5. The van der Waals surface area contributed by atoms with Gasteiger partial charge in [0.25, 0.3) is 0 Å². The van der Waals surface area contributed by atoms with Crippen molar-refractivity contribution < 1.29 is 17.6 Å². The molecule has 1 unspecified atom stereocenters. The number of benzene rings is 2. The van der Waals surface area contributed by atoms with Crippen molar-refractivity contribution >= 4 is 21.1 Å². The summed E-state index contributed by atoms with van der Waals surface area (Å²) in [4.78, 5) is 14.0. The first kappa shape index (κ1) is 20.4. The lowest BCUT2D eigenvalue weighted by atomic mass is 9.88. The monoisotopic (exact) mass is 443 g/mol. The predicted octanol–water partition coefficient (Wildman–Crippen LogP) is 2.22. The molecule has 9 heteroatoms. The van der Waals surface area contributed by atoms with Gasteiger partial charge < -0.3 is 14.5 Å². The maximum absolute atomic E-state index is 13.1. The van der Waals surface area contributed by atoms with Gasteiger partial charge in [0.1, 0.15) is 0 Å². The average molecular weight is 444 g/mol. The van der Waals surface area contributed by atoms with Gasteiger partial charge in [-0.15, -0.1) is 0 Å². The number of sulfonamides is 1. The second kappa shape index (κ2) is 7.90. The van der Waals surface area contributed by atoms with Crippen molar-refractivity contribution in [3.63, 3.8) is 0 Å². The number of hydrogen-bond acceptors (Lipinski definition) is 6. The van der Waals surface area contributed by atoms with E-state index in [0.717, 1.165) is 13.0 Å². The van der Waals surface area contributed by atoms with E-state index in [2.05, 4.69) is 22.4 Å². The number of nitrogens with one attached hydrogen (secondary N) is 2. The van der Waals surface area contributed by atoms with Crippen molar-refractivity contribution in [2.45, 2.75) is 42.3 Å². The number of rotatable bonds is 5. The van der Waals surface area contributed by atoms with Crippen LogP contribution in [0.1, 0.15) is 24.8 Å². The highest BCUT2D eigenvalue weighted by atomic mass is 32.2. The average Bonchev–Trinajstić information content (AvgIpc) is 3.35. The number of ether oxygens (including phenoxy) is 1. The Kier molecular flexibility index (Phi) is 5.21. The Bertz CT molecular complexity index is 1230. The highest BCUT2D eigenvalue weighted by Crippen LogP contribution is 2.37. The van der Waals surface area contributed by atoms with Gasteiger partial charge in [-0.05, 0) is 37.0 Å². The number of fused-ring (bicyclic) bond motifs is 1. The summed E-state index contributed by atoms with van der Waals surface area (Å²) in [7, 11) is -3.66. The third kappa shape index (κ3) is 4.06. The summed E-state index contributed by atoms with van der Waals surface area (Å²) in [5, 5.41) is 3.56. The van der Waals surface area contributed by atoms with Gasteiger partial charge in [0, 0.05) is 31.7 Å². The molecule has 1 aromatic heterocycles.